The SMILES string of the molecule is O=S(=O)(c1ccccc1)N1C[C@H]2CN(Cc3ccc(C(F)(F)F)cc3)[C@H]2C1. The Kier molecular flexibility index (Phi) is 4.52. The van der Waals surface area contributed by atoms with Crippen LogP contribution in [-0.2, 0) is 22.7 Å². The van der Waals surface area contributed by atoms with Gasteiger partial charge in [-0.25, -0.2) is 8.42 Å². The Morgan fingerprint density at radius 3 is 2.22 bits per heavy atom. The van der Waals surface area contributed by atoms with Gasteiger partial charge in [-0.1, -0.05) is 30.3 Å². The molecule has 0 unspecified atom stereocenters. The van der Waals surface area contributed by atoms with Crippen LogP contribution in [0.4, 0.5) is 13.2 Å². The zero-order chi connectivity index (χ0) is 19.2. The van der Waals surface area contributed by atoms with Crippen molar-refractivity contribution < 1.29 is 21.6 Å². The van der Waals surface area contributed by atoms with E-state index in [2.05, 4.69) is 4.90 Å². The van der Waals surface area contributed by atoms with E-state index in [0.717, 1.165) is 24.2 Å². The summed E-state index contributed by atoms with van der Waals surface area (Å²) in [6, 6.07) is 13.6. The summed E-state index contributed by atoms with van der Waals surface area (Å²) in [7, 11) is -3.50. The monoisotopic (exact) mass is 396 g/mol. The second-order valence-electron chi connectivity index (χ2n) is 7.09. The molecule has 2 atom stereocenters. The lowest BCUT2D eigenvalue weighted by molar-refractivity contribution is -0.137. The molecule has 2 aromatic rings. The number of hydrogen-bond acceptors (Lipinski definition) is 3. The molecule has 0 amide bonds. The van der Waals surface area contributed by atoms with Crippen molar-refractivity contribution in [1.82, 2.24) is 9.21 Å². The number of fused-ring (bicyclic) bond motifs is 1. The summed E-state index contributed by atoms with van der Waals surface area (Å²) in [5.74, 6) is 0.276. The van der Waals surface area contributed by atoms with Gasteiger partial charge in [0, 0.05) is 38.1 Å². The first kappa shape index (κ1) is 18.5. The van der Waals surface area contributed by atoms with Gasteiger partial charge in [0.25, 0.3) is 0 Å². The normalized spacial score (nSPS) is 23.8. The largest absolute Gasteiger partial charge is 0.416 e. The first-order valence-electron chi connectivity index (χ1n) is 8.70. The molecule has 0 aliphatic carbocycles. The van der Waals surface area contributed by atoms with Crippen molar-refractivity contribution in [3.05, 3.63) is 65.7 Å². The molecule has 27 heavy (non-hydrogen) atoms. The zero-order valence-electron chi connectivity index (χ0n) is 14.4. The van der Waals surface area contributed by atoms with Crippen molar-refractivity contribution >= 4 is 10.0 Å². The van der Waals surface area contributed by atoms with Crippen LogP contribution in [-0.4, -0.2) is 43.3 Å². The Bertz CT molecular complexity index is 914. The Hall–Kier alpha value is -1.90. The molecule has 2 aromatic carbocycles. The lowest BCUT2D eigenvalue weighted by atomic mass is 9.91. The highest BCUT2D eigenvalue weighted by Gasteiger charge is 2.48. The maximum absolute atomic E-state index is 12.8. The van der Waals surface area contributed by atoms with Crippen LogP contribution in [0.25, 0.3) is 0 Å². The van der Waals surface area contributed by atoms with E-state index >= 15 is 0 Å². The minimum atomic E-state index is -4.34. The number of alkyl halides is 3. The van der Waals surface area contributed by atoms with E-state index in [-0.39, 0.29) is 12.0 Å². The molecule has 0 bridgehead atoms. The fraction of sp³-hybridized carbons (Fsp3) is 0.368. The van der Waals surface area contributed by atoms with Crippen molar-refractivity contribution in [2.45, 2.75) is 23.7 Å². The number of nitrogens with zero attached hydrogens (tertiary/aromatic N) is 2. The van der Waals surface area contributed by atoms with E-state index in [1.807, 2.05) is 0 Å². The summed E-state index contributed by atoms with van der Waals surface area (Å²) in [5.41, 5.74) is 0.138. The van der Waals surface area contributed by atoms with E-state index in [1.54, 1.807) is 30.3 Å². The Balaban J connectivity index is 1.41. The topological polar surface area (TPSA) is 40.6 Å². The lowest BCUT2D eigenvalue weighted by Gasteiger charge is -2.43. The molecule has 0 aromatic heterocycles. The number of benzene rings is 2. The van der Waals surface area contributed by atoms with Gasteiger partial charge in [0.1, 0.15) is 0 Å². The van der Waals surface area contributed by atoms with Crippen LogP contribution in [0.15, 0.2) is 59.5 Å². The number of likely N-dealkylation sites (tertiary alicyclic amines) is 1. The van der Waals surface area contributed by atoms with Crippen molar-refractivity contribution in [2.24, 2.45) is 5.92 Å². The quantitative estimate of drug-likeness (QED) is 0.797. The average Bonchev–Trinajstić information content (AvgIpc) is 2.98. The fourth-order valence-electron chi connectivity index (χ4n) is 3.86. The van der Waals surface area contributed by atoms with Crippen LogP contribution in [0.1, 0.15) is 11.1 Å². The Labute approximate surface area is 156 Å². The predicted octanol–water partition coefficient (Wildman–Crippen LogP) is 3.21. The second kappa shape index (κ2) is 6.61. The molecule has 0 spiro atoms. The Morgan fingerprint density at radius 1 is 0.926 bits per heavy atom. The third-order valence-corrected chi connectivity index (χ3v) is 7.20. The summed E-state index contributed by atoms with van der Waals surface area (Å²) in [4.78, 5) is 2.42. The summed E-state index contributed by atoms with van der Waals surface area (Å²) in [6.45, 7) is 2.19. The van der Waals surface area contributed by atoms with E-state index in [9.17, 15) is 21.6 Å². The van der Waals surface area contributed by atoms with Crippen LogP contribution >= 0.6 is 0 Å². The van der Waals surface area contributed by atoms with Gasteiger partial charge in [-0.15, -0.1) is 0 Å². The molecular weight excluding hydrogens is 377 g/mol. The van der Waals surface area contributed by atoms with Gasteiger partial charge in [0.05, 0.1) is 10.5 Å². The summed E-state index contributed by atoms with van der Waals surface area (Å²) in [6.07, 6.45) is -4.34. The minimum Gasteiger partial charge on any atom is -0.294 e. The first-order valence-corrected chi connectivity index (χ1v) is 10.1. The number of rotatable bonds is 4. The molecular formula is C19H19F3N2O2S. The molecule has 2 aliphatic rings. The number of hydrogen-bond donors (Lipinski definition) is 0. The smallest absolute Gasteiger partial charge is 0.294 e. The standard InChI is InChI=1S/C19H19F3N2O2S/c20-19(21,22)16-8-6-14(7-9-16)10-23-11-15-12-24(13-18(15)23)27(25,26)17-4-2-1-3-5-17/h1-9,15,18H,10-13H2/t15-,18+/m1/s1. The van der Waals surface area contributed by atoms with Gasteiger partial charge in [-0.3, -0.25) is 4.90 Å². The van der Waals surface area contributed by atoms with Gasteiger partial charge in [0.15, 0.2) is 0 Å². The van der Waals surface area contributed by atoms with E-state index in [4.69, 9.17) is 0 Å². The summed E-state index contributed by atoms with van der Waals surface area (Å²) in [5, 5.41) is 0. The third-order valence-electron chi connectivity index (χ3n) is 5.36. The highest BCUT2D eigenvalue weighted by molar-refractivity contribution is 7.89. The molecule has 2 saturated heterocycles. The Morgan fingerprint density at radius 2 is 1.59 bits per heavy atom. The van der Waals surface area contributed by atoms with Gasteiger partial charge >= 0.3 is 6.18 Å². The summed E-state index contributed by atoms with van der Waals surface area (Å²) >= 11 is 0. The van der Waals surface area contributed by atoms with Crippen molar-refractivity contribution in [1.29, 1.82) is 0 Å². The molecule has 2 aliphatic heterocycles. The third kappa shape index (κ3) is 3.49. The molecule has 0 radical (unpaired) electrons. The molecule has 4 rings (SSSR count). The number of halogens is 3. The van der Waals surface area contributed by atoms with E-state index in [0.29, 0.717) is 24.5 Å². The van der Waals surface area contributed by atoms with Crippen LogP contribution in [0.2, 0.25) is 0 Å². The second-order valence-corrected chi connectivity index (χ2v) is 9.02. The maximum atomic E-state index is 12.8. The minimum absolute atomic E-state index is 0.116. The van der Waals surface area contributed by atoms with Crippen LogP contribution < -0.4 is 0 Å². The first-order chi connectivity index (χ1) is 12.7. The van der Waals surface area contributed by atoms with Crippen molar-refractivity contribution in [2.75, 3.05) is 19.6 Å². The molecule has 4 nitrogen and oxygen atoms in total. The highest BCUT2D eigenvalue weighted by atomic mass is 32.2. The highest BCUT2D eigenvalue weighted by Crippen LogP contribution is 2.36. The molecule has 2 heterocycles. The fourth-order valence-corrected chi connectivity index (χ4v) is 5.40. The van der Waals surface area contributed by atoms with E-state index < -0.39 is 21.8 Å². The molecule has 144 valence electrons. The zero-order valence-corrected chi connectivity index (χ0v) is 15.2. The van der Waals surface area contributed by atoms with Gasteiger partial charge in [-0.2, -0.15) is 17.5 Å². The average molecular weight is 396 g/mol. The molecule has 8 heteroatoms. The lowest BCUT2D eigenvalue weighted by Crippen LogP contribution is -2.54. The van der Waals surface area contributed by atoms with Crippen molar-refractivity contribution in [3.8, 4) is 0 Å². The van der Waals surface area contributed by atoms with Gasteiger partial charge in [0.2, 0.25) is 10.0 Å². The van der Waals surface area contributed by atoms with E-state index in [1.165, 1.54) is 16.4 Å². The summed E-state index contributed by atoms with van der Waals surface area (Å²) < 4.78 is 65.0. The number of sulfonamides is 1. The van der Waals surface area contributed by atoms with Gasteiger partial charge in [-0.05, 0) is 29.8 Å². The maximum Gasteiger partial charge on any atom is 0.416 e. The van der Waals surface area contributed by atoms with Crippen LogP contribution in [0.3, 0.4) is 0 Å². The molecule has 0 saturated carbocycles. The van der Waals surface area contributed by atoms with Crippen LogP contribution in [0, 0.1) is 5.92 Å². The van der Waals surface area contributed by atoms with Gasteiger partial charge < -0.3 is 0 Å². The predicted molar refractivity (Wildman–Crippen MR) is 94.3 cm³/mol. The van der Waals surface area contributed by atoms with Crippen LogP contribution in [0.5, 0.6) is 0 Å². The molecule has 2 fully saturated rings. The van der Waals surface area contributed by atoms with Crippen molar-refractivity contribution in [3.63, 3.8) is 0 Å². The molecule has 0 N–H and O–H groups in total.